The molecule has 0 heterocycles. The third kappa shape index (κ3) is 7.26. The number of amides is 1. The monoisotopic (exact) mass is 229 g/mol. The molecule has 0 aliphatic heterocycles. The molecule has 0 rings (SSSR count). The van der Waals surface area contributed by atoms with Crippen LogP contribution in [0.4, 0.5) is 0 Å². The van der Waals surface area contributed by atoms with Crippen molar-refractivity contribution in [1.82, 2.24) is 5.32 Å². The van der Waals surface area contributed by atoms with Crippen molar-refractivity contribution in [3.8, 4) is 0 Å². The van der Waals surface area contributed by atoms with E-state index in [2.05, 4.69) is 19.2 Å². The summed E-state index contributed by atoms with van der Waals surface area (Å²) in [5, 5.41) is 2.64. The lowest BCUT2D eigenvalue weighted by atomic mass is 10.1. The summed E-state index contributed by atoms with van der Waals surface area (Å²) in [7, 11) is 0. The lowest BCUT2D eigenvalue weighted by Crippen LogP contribution is -2.23. The van der Waals surface area contributed by atoms with E-state index in [1.54, 1.807) is 0 Å². The van der Waals surface area contributed by atoms with Gasteiger partial charge in [0.25, 0.3) is 0 Å². The van der Waals surface area contributed by atoms with Gasteiger partial charge in [-0.05, 0) is 12.8 Å². The van der Waals surface area contributed by atoms with Crippen LogP contribution in [-0.4, -0.2) is 25.0 Å². The Hall–Kier alpha value is -1.06. The van der Waals surface area contributed by atoms with Gasteiger partial charge in [0.1, 0.15) is 0 Å². The predicted octanol–water partition coefficient (Wildman–Crippen LogP) is 1.88. The molecular formula is C12H23NO3. The lowest BCUT2D eigenvalue weighted by molar-refractivity contribution is -0.146. The fourth-order valence-corrected chi connectivity index (χ4v) is 1.31. The van der Waals surface area contributed by atoms with Crippen LogP contribution in [0.2, 0.25) is 0 Å². The maximum atomic E-state index is 11.3. The molecule has 0 bridgehead atoms. The Balaban J connectivity index is 3.62. The minimum absolute atomic E-state index is 0.0954. The van der Waals surface area contributed by atoms with E-state index in [1.165, 1.54) is 0 Å². The molecule has 4 heteroatoms. The van der Waals surface area contributed by atoms with Gasteiger partial charge in [-0.2, -0.15) is 0 Å². The van der Waals surface area contributed by atoms with Gasteiger partial charge in [0.05, 0.1) is 13.0 Å². The molecule has 94 valence electrons. The number of hydrogen-bond acceptors (Lipinski definition) is 3. The fraction of sp³-hybridized carbons (Fsp3) is 0.833. The average Bonchev–Trinajstić information content (AvgIpc) is 2.28. The highest BCUT2D eigenvalue weighted by Crippen LogP contribution is 2.08. The van der Waals surface area contributed by atoms with Crippen molar-refractivity contribution in [3.05, 3.63) is 0 Å². The van der Waals surface area contributed by atoms with Crippen LogP contribution in [0.3, 0.4) is 0 Å². The Labute approximate surface area is 97.7 Å². The fourth-order valence-electron chi connectivity index (χ4n) is 1.31. The van der Waals surface area contributed by atoms with E-state index < -0.39 is 0 Å². The molecule has 16 heavy (non-hydrogen) atoms. The zero-order valence-electron chi connectivity index (χ0n) is 10.5. The van der Waals surface area contributed by atoms with E-state index >= 15 is 0 Å². The largest absolute Gasteiger partial charge is 0.465 e. The third-order valence-electron chi connectivity index (χ3n) is 2.56. The Bertz CT molecular complexity index is 212. The molecule has 4 nitrogen and oxygen atoms in total. The van der Waals surface area contributed by atoms with E-state index in [-0.39, 0.29) is 24.7 Å². The molecular weight excluding hydrogens is 206 g/mol. The summed E-state index contributed by atoms with van der Waals surface area (Å²) in [6.45, 7) is 7.08. The minimum atomic E-state index is -0.279. The van der Waals surface area contributed by atoms with E-state index in [1.807, 2.05) is 6.92 Å². The minimum Gasteiger partial charge on any atom is -0.465 e. The van der Waals surface area contributed by atoms with Gasteiger partial charge in [0.2, 0.25) is 5.91 Å². The van der Waals surface area contributed by atoms with Gasteiger partial charge >= 0.3 is 5.97 Å². The summed E-state index contributed by atoms with van der Waals surface area (Å²) >= 11 is 0. The quantitative estimate of drug-likeness (QED) is 0.647. The molecule has 0 aromatic heterocycles. The topological polar surface area (TPSA) is 55.4 Å². The Morgan fingerprint density at radius 2 is 1.75 bits per heavy atom. The highest BCUT2D eigenvalue weighted by atomic mass is 16.5. The van der Waals surface area contributed by atoms with Crippen molar-refractivity contribution in [1.29, 1.82) is 0 Å². The number of carbonyl (C=O) groups is 2. The van der Waals surface area contributed by atoms with Crippen LogP contribution >= 0.6 is 0 Å². The van der Waals surface area contributed by atoms with Gasteiger partial charge in [0, 0.05) is 13.0 Å². The van der Waals surface area contributed by atoms with Crippen molar-refractivity contribution < 1.29 is 14.3 Å². The first kappa shape index (κ1) is 14.9. The summed E-state index contributed by atoms with van der Waals surface area (Å²) in [6.07, 6.45) is 2.42. The number of hydrogen-bond donors (Lipinski definition) is 1. The van der Waals surface area contributed by atoms with Crippen molar-refractivity contribution in [2.75, 3.05) is 13.2 Å². The molecule has 0 aromatic rings. The SMILES string of the molecule is CCNC(=O)CCC(=O)OCC(CC)CC. The summed E-state index contributed by atoms with van der Waals surface area (Å²) in [6, 6.07) is 0. The number of nitrogens with one attached hydrogen (secondary N) is 1. The number of esters is 1. The molecule has 0 atom stereocenters. The van der Waals surface area contributed by atoms with E-state index in [0.29, 0.717) is 19.1 Å². The second-order valence-corrected chi connectivity index (χ2v) is 3.82. The van der Waals surface area contributed by atoms with E-state index in [9.17, 15) is 9.59 Å². The first-order valence-electron chi connectivity index (χ1n) is 6.06. The second kappa shape index (κ2) is 9.19. The summed E-state index contributed by atoms with van der Waals surface area (Å²) in [4.78, 5) is 22.4. The number of rotatable bonds is 8. The van der Waals surface area contributed by atoms with Crippen LogP contribution in [0, 0.1) is 5.92 Å². The summed E-state index contributed by atoms with van der Waals surface area (Å²) in [5.41, 5.74) is 0. The molecule has 0 aliphatic rings. The molecule has 1 N–H and O–H groups in total. The normalized spacial score (nSPS) is 10.2. The maximum absolute atomic E-state index is 11.3. The van der Waals surface area contributed by atoms with Crippen LogP contribution in [0.15, 0.2) is 0 Å². The molecule has 0 spiro atoms. The Morgan fingerprint density at radius 3 is 2.25 bits per heavy atom. The van der Waals surface area contributed by atoms with Crippen molar-refractivity contribution in [3.63, 3.8) is 0 Å². The van der Waals surface area contributed by atoms with Crippen LogP contribution in [-0.2, 0) is 14.3 Å². The molecule has 0 radical (unpaired) electrons. The molecule has 0 saturated carbocycles. The lowest BCUT2D eigenvalue weighted by Gasteiger charge is -2.12. The smallest absolute Gasteiger partial charge is 0.306 e. The van der Waals surface area contributed by atoms with Gasteiger partial charge in [-0.25, -0.2) is 0 Å². The van der Waals surface area contributed by atoms with Crippen LogP contribution in [0.5, 0.6) is 0 Å². The van der Waals surface area contributed by atoms with Gasteiger partial charge < -0.3 is 10.1 Å². The van der Waals surface area contributed by atoms with E-state index in [4.69, 9.17) is 4.74 Å². The molecule has 0 fully saturated rings. The molecule has 0 saturated heterocycles. The first-order valence-corrected chi connectivity index (χ1v) is 6.06. The first-order chi connectivity index (χ1) is 7.63. The van der Waals surface area contributed by atoms with Crippen LogP contribution in [0.1, 0.15) is 46.5 Å². The van der Waals surface area contributed by atoms with Crippen LogP contribution < -0.4 is 5.32 Å². The van der Waals surface area contributed by atoms with Crippen molar-refractivity contribution in [2.24, 2.45) is 5.92 Å². The maximum Gasteiger partial charge on any atom is 0.306 e. The van der Waals surface area contributed by atoms with Crippen molar-refractivity contribution >= 4 is 11.9 Å². The van der Waals surface area contributed by atoms with Gasteiger partial charge in [-0.15, -0.1) is 0 Å². The molecule has 1 amide bonds. The second-order valence-electron chi connectivity index (χ2n) is 3.82. The number of carbonyl (C=O) groups excluding carboxylic acids is 2. The van der Waals surface area contributed by atoms with Crippen molar-refractivity contribution in [2.45, 2.75) is 46.5 Å². The number of ether oxygens (including phenoxy) is 1. The third-order valence-corrected chi connectivity index (χ3v) is 2.56. The summed E-state index contributed by atoms with van der Waals surface area (Å²) in [5.74, 6) is 0.0635. The van der Waals surface area contributed by atoms with Gasteiger partial charge in [0.15, 0.2) is 0 Å². The molecule has 0 aliphatic carbocycles. The Morgan fingerprint density at radius 1 is 1.12 bits per heavy atom. The van der Waals surface area contributed by atoms with Gasteiger partial charge in [-0.1, -0.05) is 26.7 Å². The molecule has 0 unspecified atom stereocenters. The Kier molecular flexibility index (Phi) is 8.58. The average molecular weight is 229 g/mol. The van der Waals surface area contributed by atoms with Crippen LogP contribution in [0.25, 0.3) is 0 Å². The predicted molar refractivity (Wildman–Crippen MR) is 62.9 cm³/mol. The summed E-state index contributed by atoms with van der Waals surface area (Å²) < 4.78 is 5.10. The molecule has 0 aromatic carbocycles. The van der Waals surface area contributed by atoms with E-state index in [0.717, 1.165) is 12.8 Å². The highest BCUT2D eigenvalue weighted by molar-refractivity contribution is 5.81. The standard InChI is InChI=1S/C12H23NO3/c1-4-10(5-2)9-16-12(15)8-7-11(14)13-6-3/h10H,4-9H2,1-3H3,(H,13,14). The zero-order valence-corrected chi connectivity index (χ0v) is 10.5. The zero-order chi connectivity index (χ0) is 12.4. The van der Waals surface area contributed by atoms with Gasteiger partial charge in [-0.3, -0.25) is 9.59 Å². The highest BCUT2D eigenvalue weighted by Gasteiger charge is 2.10.